The Morgan fingerprint density at radius 2 is 1.60 bits per heavy atom. The number of fused-ring (bicyclic) bond motifs is 1. The molecule has 2 amide bonds. The summed E-state index contributed by atoms with van der Waals surface area (Å²) in [6.45, 7) is 4.23. The number of primary amides is 1. The summed E-state index contributed by atoms with van der Waals surface area (Å²) < 4.78 is 23.7. The van der Waals surface area contributed by atoms with E-state index in [2.05, 4.69) is 32.1 Å². The number of hydroxylamine groups is 1. The van der Waals surface area contributed by atoms with Crippen LogP contribution in [0.15, 0.2) is 42.6 Å². The molecule has 0 radical (unpaired) electrons. The number of carbonyl (C=O) groups is 2. The Morgan fingerprint density at radius 1 is 0.894 bits per heavy atom. The average Bonchev–Trinajstić information content (AvgIpc) is 3.06. The summed E-state index contributed by atoms with van der Waals surface area (Å²) in [5.41, 5.74) is 8.29. The summed E-state index contributed by atoms with van der Waals surface area (Å²) in [5.74, 6) is 2.27. The van der Waals surface area contributed by atoms with E-state index < -0.39 is 21.3 Å². The quantitative estimate of drug-likeness (QED) is 0.474. The van der Waals surface area contributed by atoms with Gasteiger partial charge in [-0.05, 0) is 87.0 Å². The first-order valence-electron chi connectivity index (χ1n) is 17.2. The minimum absolute atomic E-state index is 0.0140. The standard InChI is InChI=1S/C34H45N7O5S/c35-32(42)34-19-23-17-24(20-34)31(25(18-23)21-34)37-33(43)46-41-12-11-40(28-3-1-2-4-29(28)41)30-6-5-27(22-36-30)38-9-7-26(8-10-38)39-13-15-47(44,45)16-14-39/h1-6,22-26,31H,7-21H2,(H2,35,42)(H,37,43)/t23?,24-,25+,31?,34?. The second-order valence-electron chi connectivity index (χ2n) is 14.7. The largest absolute Gasteiger partial charge is 0.431 e. The number of hydrogen-bond acceptors (Lipinski definition) is 10. The average molecular weight is 664 g/mol. The van der Waals surface area contributed by atoms with Gasteiger partial charge in [-0.3, -0.25) is 9.69 Å². The normalized spacial score (nSPS) is 31.8. The molecule has 4 saturated carbocycles. The zero-order chi connectivity index (χ0) is 32.3. The number of rotatable bonds is 6. The predicted molar refractivity (Wildman–Crippen MR) is 179 cm³/mol. The number of pyridine rings is 1. The van der Waals surface area contributed by atoms with E-state index in [1.165, 1.54) is 0 Å². The van der Waals surface area contributed by atoms with Crippen molar-refractivity contribution in [2.24, 2.45) is 28.9 Å². The molecule has 3 unspecified atom stereocenters. The number of hydrogen-bond donors (Lipinski definition) is 2. The molecule has 0 spiro atoms. The molecule has 4 aliphatic carbocycles. The van der Waals surface area contributed by atoms with E-state index in [0.717, 1.165) is 80.9 Å². The lowest BCUT2D eigenvalue weighted by Crippen LogP contribution is -2.62. The molecule has 13 heteroatoms. The fourth-order valence-corrected chi connectivity index (χ4v) is 11.0. The number of benzene rings is 1. The highest BCUT2D eigenvalue weighted by molar-refractivity contribution is 7.91. The molecule has 12 nitrogen and oxygen atoms in total. The summed E-state index contributed by atoms with van der Waals surface area (Å²) in [5, 5.41) is 4.87. The molecule has 47 heavy (non-hydrogen) atoms. The Labute approximate surface area is 276 Å². The molecule has 5 atom stereocenters. The van der Waals surface area contributed by atoms with Crippen LogP contribution in [0.1, 0.15) is 44.9 Å². The molecule has 4 bridgehead atoms. The number of sulfone groups is 1. The Kier molecular flexibility index (Phi) is 7.74. The highest BCUT2D eigenvalue weighted by Crippen LogP contribution is 2.60. The lowest BCUT2D eigenvalue weighted by molar-refractivity contribution is -0.145. The molecule has 252 valence electrons. The fourth-order valence-electron chi connectivity index (χ4n) is 9.80. The molecule has 1 aromatic heterocycles. The highest BCUT2D eigenvalue weighted by atomic mass is 32.2. The lowest BCUT2D eigenvalue weighted by atomic mass is 9.47. The van der Waals surface area contributed by atoms with Crippen LogP contribution in [-0.2, 0) is 19.5 Å². The Hall–Kier alpha value is -3.58. The molecule has 6 fully saturated rings. The minimum Gasteiger partial charge on any atom is -0.370 e. The van der Waals surface area contributed by atoms with Crippen LogP contribution in [-0.4, -0.2) is 93.2 Å². The maximum atomic E-state index is 13.3. The van der Waals surface area contributed by atoms with Gasteiger partial charge >= 0.3 is 6.09 Å². The van der Waals surface area contributed by atoms with Crippen LogP contribution in [0.4, 0.5) is 27.7 Å². The van der Waals surface area contributed by atoms with Crippen LogP contribution >= 0.6 is 0 Å². The molecule has 1 aromatic carbocycles. The monoisotopic (exact) mass is 663 g/mol. The van der Waals surface area contributed by atoms with Gasteiger partial charge in [0.2, 0.25) is 5.91 Å². The Bertz CT molecular complexity index is 1600. The number of nitrogens with two attached hydrogens (primary N) is 1. The molecular formula is C34H45N7O5S. The SMILES string of the molecule is NC(=O)C12CC3C[C@H](C1)C(NC(=O)ON1CCN(c4ccc(N5CCC(N6CCS(=O)(=O)CC6)CC5)cn4)c4ccccc41)[C@@H](C3)C2. The van der Waals surface area contributed by atoms with Crippen LogP contribution in [0.5, 0.6) is 0 Å². The highest BCUT2D eigenvalue weighted by Gasteiger charge is 2.58. The van der Waals surface area contributed by atoms with Crippen molar-refractivity contribution >= 4 is 44.7 Å². The van der Waals surface area contributed by atoms with E-state index >= 15 is 0 Å². The number of piperidine rings is 1. The Balaban J connectivity index is 0.887. The summed E-state index contributed by atoms with van der Waals surface area (Å²) in [6.07, 6.45) is 8.02. The van der Waals surface area contributed by atoms with E-state index in [-0.39, 0.29) is 35.3 Å². The summed E-state index contributed by atoms with van der Waals surface area (Å²) >= 11 is 0. The minimum atomic E-state index is -2.87. The van der Waals surface area contributed by atoms with Crippen LogP contribution < -0.4 is 25.9 Å². The van der Waals surface area contributed by atoms with Crippen molar-refractivity contribution in [2.75, 3.05) is 65.6 Å². The smallest absolute Gasteiger partial charge is 0.370 e. The van der Waals surface area contributed by atoms with Gasteiger partial charge in [0.05, 0.1) is 41.3 Å². The number of anilines is 4. The van der Waals surface area contributed by atoms with Crippen molar-refractivity contribution in [1.29, 1.82) is 0 Å². The van der Waals surface area contributed by atoms with Crippen LogP contribution in [0.3, 0.4) is 0 Å². The van der Waals surface area contributed by atoms with Gasteiger partial charge in [-0.15, -0.1) is 0 Å². The first-order valence-corrected chi connectivity index (χ1v) is 19.1. The molecule has 7 aliphatic rings. The number of aromatic nitrogens is 1. The van der Waals surface area contributed by atoms with Crippen molar-refractivity contribution in [2.45, 2.75) is 57.0 Å². The zero-order valence-electron chi connectivity index (χ0n) is 26.8. The van der Waals surface area contributed by atoms with Gasteiger partial charge in [-0.2, -0.15) is 0 Å². The summed E-state index contributed by atoms with van der Waals surface area (Å²) in [4.78, 5) is 43.3. The van der Waals surface area contributed by atoms with Crippen molar-refractivity contribution in [3.05, 3.63) is 42.6 Å². The van der Waals surface area contributed by atoms with Gasteiger partial charge in [0.25, 0.3) is 0 Å². The van der Waals surface area contributed by atoms with E-state index in [9.17, 15) is 18.0 Å². The third-order valence-electron chi connectivity index (χ3n) is 12.0. The summed E-state index contributed by atoms with van der Waals surface area (Å²) in [6, 6.07) is 12.5. The van der Waals surface area contributed by atoms with Crippen LogP contribution in [0.25, 0.3) is 0 Å². The van der Waals surface area contributed by atoms with Crippen molar-refractivity contribution in [3.63, 3.8) is 0 Å². The molecule has 9 rings (SSSR count). The third kappa shape index (κ3) is 5.79. The van der Waals surface area contributed by atoms with E-state index in [1.54, 1.807) is 5.06 Å². The summed E-state index contributed by atoms with van der Waals surface area (Å²) in [7, 11) is -2.87. The van der Waals surface area contributed by atoms with E-state index in [4.69, 9.17) is 15.6 Å². The number of para-hydroxylation sites is 2. The number of nitrogens with zero attached hydrogens (tertiary/aromatic N) is 5. The molecule has 2 saturated heterocycles. The van der Waals surface area contributed by atoms with Crippen molar-refractivity contribution in [1.82, 2.24) is 15.2 Å². The lowest BCUT2D eigenvalue weighted by Gasteiger charge is -2.58. The number of amides is 2. The second kappa shape index (κ2) is 11.8. The maximum Gasteiger partial charge on any atom is 0.431 e. The third-order valence-corrected chi connectivity index (χ3v) is 13.6. The van der Waals surface area contributed by atoms with E-state index in [1.807, 2.05) is 30.5 Å². The van der Waals surface area contributed by atoms with Crippen LogP contribution in [0.2, 0.25) is 0 Å². The van der Waals surface area contributed by atoms with Crippen molar-refractivity contribution in [3.8, 4) is 0 Å². The van der Waals surface area contributed by atoms with Gasteiger partial charge in [-0.1, -0.05) is 12.1 Å². The number of nitrogens with one attached hydrogen (secondary N) is 1. The number of carbonyl (C=O) groups excluding carboxylic acids is 2. The molecular weight excluding hydrogens is 618 g/mol. The predicted octanol–water partition coefficient (Wildman–Crippen LogP) is 3.06. The first-order chi connectivity index (χ1) is 22.7. The van der Waals surface area contributed by atoms with Gasteiger partial charge in [-0.25, -0.2) is 23.3 Å². The zero-order valence-corrected chi connectivity index (χ0v) is 27.6. The maximum absolute atomic E-state index is 13.3. The van der Waals surface area contributed by atoms with Gasteiger partial charge in [0, 0.05) is 50.2 Å². The van der Waals surface area contributed by atoms with Crippen LogP contribution in [0, 0.1) is 23.2 Å². The van der Waals surface area contributed by atoms with Crippen molar-refractivity contribution < 1.29 is 22.8 Å². The molecule has 4 heterocycles. The fraction of sp³-hybridized carbons (Fsp3) is 0.618. The molecule has 3 N–H and O–H groups in total. The van der Waals surface area contributed by atoms with Gasteiger partial charge < -0.3 is 25.7 Å². The topological polar surface area (TPSA) is 141 Å². The van der Waals surface area contributed by atoms with E-state index in [0.29, 0.717) is 38.1 Å². The first kappa shape index (κ1) is 30.7. The van der Waals surface area contributed by atoms with Gasteiger partial charge in [0.15, 0.2) is 9.84 Å². The molecule has 3 aliphatic heterocycles. The van der Waals surface area contributed by atoms with Gasteiger partial charge in [0.1, 0.15) is 5.82 Å². The second-order valence-corrected chi connectivity index (χ2v) is 17.0. The molecule has 2 aromatic rings. The Morgan fingerprint density at radius 3 is 2.26 bits per heavy atom.